The van der Waals surface area contributed by atoms with Crippen LogP contribution in [0.1, 0.15) is 71.4 Å². The van der Waals surface area contributed by atoms with Crippen molar-refractivity contribution in [2.75, 3.05) is 10.6 Å². The number of rotatable bonds is 8. The van der Waals surface area contributed by atoms with Crippen molar-refractivity contribution in [1.82, 2.24) is 0 Å². The number of allylic oxidation sites excluding steroid dienone is 2. The van der Waals surface area contributed by atoms with Gasteiger partial charge in [0.1, 0.15) is 0 Å². The molecular formula is C43H48N2. The standard InChI is InChI=1S/C41H42N2.C2H6/c1-27(2)29(4)39-26-28(3)30(5)40-37(31-16-20-35(21-17-31)42-33-12-8-6-9-13-33)24-25-38(41(39)40)32-18-22-36(23-19-32)43-34-14-10-7-11-15-34;1-2/h6-27,29-30,39,42-43H,1-5H3;1-2H3. The first-order valence-electron chi connectivity index (χ1n) is 16.6. The zero-order valence-electron chi connectivity index (χ0n) is 27.9. The minimum Gasteiger partial charge on any atom is -0.356 e. The first kappa shape index (κ1) is 31.9. The molecule has 0 heterocycles. The fourth-order valence-corrected chi connectivity index (χ4v) is 6.38. The Balaban J connectivity index is 0.00000196. The van der Waals surface area contributed by atoms with Gasteiger partial charge in [-0.3, -0.25) is 0 Å². The zero-order valence-corrected chi connectivity index (χ0v) is 27.9. The normalized spacial score (nSPS) is 16.1. The molecule has 230 valence electrons. The monoisotopic (exact) mass is 592 g/mol. The maximum Gasteiger partial charge on any atom is 0.0384 e. The Morgan fingerprint density at radius 1 is 0.511 bits per heavy atom. The van der Waals surface area contributed by atoms with Crippen molar-refractivity contribution in [3.8, 4) is 22.3 Å². The lowest BCUT2D eigenvalue weighted by Gasteiger charge is -2.37. The molecule has 0 radical (unpaired) electrons. The molecule has 0 saturated carbocycles. The lowest BCUT2D eigenvalue weighted by molar-refractivity contribution is 0.378. The predicted octanol–water partition coefficient (Wildman–Crippen LogP) is 13.0. The van der Waals surface area contributed by atoms with Crippen molar-refractivity contribution in [1.29, 1.82) is 0 Å². The SMILES string of the molecule is CC.CC1=CC(C(C)C(C)C)c2c(-c3ccc(Nc4ccccc4)cc3)ccc(-c3ccc(Nc4ccccc4)cc3)c2C1C. The molecule has 1 aliphatic carbocycles. The Bertz CT molecular complexity index is 1700. The molecule has 6 rings (SSSR count). The summed E-state index contributed by atoms with van der Waals surface area (Å²) in [5.41, 5.74) is 14.1. The topological polar surface area (TPSA) is 24.1 Å². The minimum atomic E-state index is 0.349. The largest absolute Gasteiger partial charge is 0.356 e. The molecule has 0 aromatic heterocycles. The van der Waals surface area contributed by atoms with Gasteiger partial charge >= 0.3 is 0 Å². The highest BCUT2D eigenvalue weighted by Crippen LogP contribution is 2.50. The van der Waals surface area contributed by atoms with Crippen LogP contribution in [0.2, 0.25) is 0 Å². The second-order valence-corrected chi connectivity index (χ2v) is 12.4. The highest BCUT2D eigenvalue weighted by Gasteiger charge is 2.33. The van der Waals surface area contributed by atoms with Crippen molar-refractivity contribution < 1.29 is 0 Å². The van der Waals surface area contributed by atoms with Crippen molar-refractivity contribution in [3.63, 3.8) is 0 Å². The number of nitrogens with one attached hydrogen (secondary N) is 2. The Morgan fingerprint density at radius 3 is 1.33 bits per heavy atom. The first-order chi connectivity index (χ1) is 21.9. The molecule has 2 nitrogen and oxygen atoms in total. The quantitative estimate of drug-likeness (QED) is 0.175. The summed E-state index contributed by atoms with van der Waals surface area (Å²) in [7, 11) is 0. The number of hydrogen-bond acceptors (Lipinski definition) is 2. The molecule has 3 atom stereocenters. The van der Waals surface area contributed by atoms with Gasteiger partial charge in [-0.25, -0.2) is 0 Å². The molecule has 5 aromatic rings. The molecular weight excluding hydrogens is 544 g/mol. The zero-order chi connectivity index (χ0) is 31.9. The molecule has 3 unspecified atom stereocenters. The molecule has 0 aliphatic heterocycles. The second-order valence-electron chi connectivity index (χ2n) is 12.4. The van der Waals surface area contributed by atoms with Gasteiger partial charge in [-0.05, 0) is 101 Å². The van der Waals surface area contributed by atoms with E-state index in [1.165, 1.54) is 39.0 Å². The maximum atomic E-state index is 3.54. The average Bonchev–Trinajstić information content (AvgIpc) is 3.08. The van der Waals surface area contributed by atoms with E-state index in [2.05, 4.69) is 161 Å². The Kier molecular flexibility index (Phi) is 10.2. The molecule has 2 heteroatoms. The summed E-state index contributed by atoms with van der Waals surface area (Å²) in [6.45, 7) is 15.8. The summed E-state index contributed by atoms with van der Waals surface area (Å²) < 4.78 is 0. The van der Waals surface area contributed by atoms with E-state index in [-0.39, 0.29) is 0 Å². The summed E-state index contributed by atoms with van der Waals surface area (Å²) >= 11 is 0. The highest BCUT2D eigenvalue weighted by atomic mass is 14.9. The molecule has 1 aliphatic rings. The van der Waals surface area contributed by atoms with Gasteiger partial charge in [0.2, 0.25) is 0 Å². The van der Waals surface area contributed by atoms with Crippen LogP contribution in [0.4, 0.5) is 22.7 Å². The van der Waals surface area contributed by atoms with Crippen LogP contribution in [-0.2, 0) is 0 Å². The van der Waals surface area contributed by atoms with Crippen LogP contribution in [0.15, 0.2) is 133 Å². The van der Waals surface area contributed by atoms with Gasteiger partial charge < -0.3 is 10.6 Å². The molecule has 0 amide bonds. The van der Waals surface area contributed by atoms with Crippen LogP contribution in [0, 0.1) is 11.8 Å². The number of hydrogen-bond donors (Lipinski definition) is 2. The van der Waals surface area contributed by atoms with Crippen LogP contribution in [0.25, 0.3) is 22.3 Å². The molecule has 45 heavy (non-hydrogen) atoms. The molecule has 0 bridgehead atoms. The lowest BCUT2D eigenvalue weighted by Crippen LogP contribution is -2.22. The van der Waals surface area contributed by atoms with Crippen molar-refractivity contribution in [2.45, 2.75) is 60.3 Å². The summed E-state index contributed by atoms with van der Waals surface area (Å²) in [4.78, 5) is 0. The number of anilines is 4. The van der Waals surface area contributed by atoms with Crippen LogP contribution in [0.3, 0.4) is 0 Å². The smallest absolute Gasteiger partial charge is 0.0384 e. The van der Waals surface area contributed by atoms with E-state index in [0.29, 0.717) is 23.7 Å². The van der Waals surface area contributed by atoms with E-state index in [4.69, 9.17) is 0 Å². The molecule has 5 aromatic carbocycles. The third-order valence-corrected chi connectivity index (χ3v) is 9.31. The highest BCUT2D eigenvalue weighted by molar-refractivity contribution is 5.82. The number of benzene rings is 5. The van der Waals surface area contributed by atoms with Gasteiger partial charge in [0.05, 0.1) is 0 Å². The van der Waals surface area contributed by atoms with Crippen molar-refractivity contribution >= 4 is 22.7 Å². The third kappa shape index (κ3) is 7.07. The second kappa shape index (κ2) is 14.5. The number of fused-ring (bicyclic) bond motifs is 1. The van der Waals surface area contributed by atoms with Gasteiger partial charge in [0, 0.05) is 34.6 Å². The van der Waals surface area contributed by atoms with Crippen molar-refractivity contribution in [2.24, 2.45) is 11.8 Å². The summed E-state index contributed by atoms with van der Waals surface area (Å²) in [6.07, 6.45) is 2.56. The molecule has 0 saturated heterocycles. The summed E-state index contributed by atoms with van der Waals surface area (Å²) in [5, 5.41) is 7.07. The van der Waals surface area contributed by atoms with Gasteiger partial charge in [0.15, 0.2) is 0 Å². The first-order valence-corrected chi connectivity index (χ1v) is 16.6. The Hall–Kier alpha value is -4.56. The van der Waals surface area contributed by atoms with E-state index >= 15 is 0 Å². The van der Waals surface area contributed by atoms with Crippen LogP contribution in [0.5, 0.6) is 0 Å². The minimum absolute atomic E-state index is 0.349. The molecule has 0 fully saturated rings. The fourth-order valence-electron chi connectivity index (χ4n) is 6.38. The van der Waals surface area contributed by atoms with E-state index < -0.39 is 0 Å². The third-order valence-electron chi connectivity index (χ3n) is 9.31. The van der Waals surface area contributed by atoms with E-state index in [1.54, 1.807) is 0 Å². The van der Waals surface area contributed by atoms with Crippen LogP contribution < -0.4 is 10.6 Å². The summed E-state index contributed by atoms with van der Waals surface area (Å²) in [5.74, 6) is 1.81. The molecule has 0 spiro atoms. The van der Waals surface area contributed by atoms with E-state index in [1.807, 2.05) is 26.0 Å². The lowest BCUT2D eigenvalue weighted by atomic mass is 9.67. The van der Waals surface area contributed by atoms with Crippen LogP contribution >= 0.6 is 0 Å². The predicted molar refractivity (Wildman–Crippen MR) is 197 cm³/mol. The summed E-state index contributed by atoms with van der Waals surface area (Å²) in [6, 6.07) is 43.3. The fraction of sp³-hybridized carbons (Fsp3) is 0.256. The van der Waals surface area contributed by atoms with E-state index in [0.717, 1.165) is 22.7 Å². The van der Waals surface area contributed by atoms with Gasteiger partial charge in [-0.1, -0.05) is 126 Å². The Morgan fingerprint density at radius 2 is 0.911 bits per heavy atom. The molecule has 2 N–H and O–H groups in total. The average molecular weight is 593 g/mol. The van der Waals surface area contributed by atoms with Crippen molar-refractivity contribution in [3.05, 3.63) is 144 Å². The van der Waals surface area contributed by atoms with E-state index in [9.17, 15) is 0 Å². The van der Waals surface area contributed by atoms with Crippen LogP contribution in [-0.4, -0.2) is 0 Å². The maximum absolute atomic E-state index is 3.54. The number of para-hydroxylation sites is 2. The van der Waals surface area contributed by atoms with Gasteiger partial charge in [-0.15, -0.1) is 0 Å². The Labute approximate surface area is 271 Å². The van der Waals surface area contributed by atoms with Gasteiger partial charge in [-0.2, -0.15) is 0 Å². The van der Waals surface area contributed by atoms with Gasteiger partial charge in [0.25, 0.3) is 0 Å².